The summed E-state index contributed by atoms with van der Waals surface area (Å²) >= 11 is 0. The van der Waals surface area contributed by atoms with E-state index in [4.69, 9.17) is 4.74 Å². The molecule has 12 nitrogen and oxygen atoms in total. The summed E-state index contributed by atoms with van der Waals surface area (Å²) in [6.45, 7) is 12.4. The number of carbonyl (C=O) groups is 6. The highest BCUT2D eigenvalue weighted by Crippen LogP contribution is 2.17. The molecule has 1 aromatic carbocycles. The molecule has 12 heteroatoms. The number of esters is 1. The molecule has 0 aliphatic carbocycles. The first-order chi connectivity index (χ1) is 21.2. The van der Waals surface area contributed by atoms with Gasteiger partial charge in [-0.05, 0) is 43.1 Å². The summed E-state index contributed by atoms with van der Waals surface area (Å²) in [6, 6.07) is 4.99. The zero-order chi connectivity index (χ0) is 33.7. The molecule has 5 N–H and O–H groups in total. The summed E-state index contributed by atoms with van der Waals surface area (Å²) in [5, 5.41) is 13.4. The Morgan fingerprint density at radius 1 is 0.733 bits per heavy atom. The molecule has 0 saturated carbocycles. The standard InChI is InChI=1S/C33H51N5O7/c1-8-21(6)27-17-28(39)34-18-29(40)36-24(14-19(2)3)32(43)37-25(15-20(4)5)31(42)35-22(7)30(41)38-26(33(44)45-27)16-23-12-10-9-11-13-23/h9-13,19-22,24-27H,8,14-18H2,1-7H3,(H,34,39)(H,35,42)(H,36,40)(H,37,43)(H,38,41). The number of amides is 5. The largest absolute Gasteiger partial charge is 0.460 e. The molecule has 0 aromatic heterocycles. The highest BCUT2D eigenvalue weighted by molar-refractivity contribution is 5.95. The maximum absolute atomic E-state index is 13.5. The molecule has 45 heavy (non-hydrogen) atoms. The summed E-state index contributed by atoms with van der Waals surface area (Å²) in [7, 11) is 0. The van der Waals surface area contributed by atoms with Crippen molar-refractivity contribution in [3.8, 4) is 0 Å². The minimum atomic E-state index is -1.11. The van der Waals surface area contributed by atoms with Gasteiger partial charge in [0, 0.05) is 6.42 Å². The lowest BCUT2D eigenvalue weighted by atomic mass is 9.98. The summed E-state index contributed by atoms with van der Waals surface area (Å²) in [5.74, 6) is -3.68. The molecule has 1 aliphatic heterocycles. The van der Waals surface area contributed by atoms with Gasteiger partial charge >= 0.3 is 5.97 Å². The summed E-state index contributed by atoms with van der Waals surface area (Å²) < 4.78 is 5.83. The molecule has 250 valence electrons. The Labute approximate surface area is 266 Å². The van der Waals surface area contributed by atoms with E-state index in [1.165, 1.54) is 6.92 Å². The van der Waals surface area contributed by atoms with Crippen molar-refractivity contribution in [1.82, 2.24) is 26.6 Å². The zero-order valence-corrected chi connectivity index (χ0v) is 27.6. The van der Waals surface area contributed by atoms with Gasteiger partial charge in [-0.2, -0.15) is 0 Å². The number of carbonyl (C=O) groups excluding carboxylic acids is 6. The number of hydrogen-bond acceptors (Lipinski definition) is 7. The maximum Gasteiger partial charge on any atom is 0.329 e. The molecule has 5 amide bonds. The third-order valence-corrected chi connectivity index (χ3v) is 7.71. The number of hydrogen-bond donors (Lipinski definition) is 5. The van der Waals surface area contributed by atoms with Crippen molar-refractivity contribution in [1.29, 1.82) is 0 Å². The van der Waals surface area contributed by atoms with Gasteiger partial charge in [-0.1, -0.05) is 78.3 Å². The molecule has 6 unspecified atom stereocenters. The lowest BCUT2D eigenvalue weighted by Crippen LogP contribution is -2.58. The van der Waals surface area contributed by atoms with Crippen LogP contribution in [-0.2, 0) is 39.9 Å². The number of benzene rings is 1. The SMILES string of the molecule is CCC(C)C1CC(=O)NCC(=O)NC(CC(C)C)C(=O)NC(CC(C)C)C(=O)NC(C)C(=O)NC(Cc2ccccc2)C(=O)O1. The molecular weight excluding hydrogens is 578 g/mol. The Morgan fingerprint density at radius 2 is 1.29 bits per heavy atom. The molecule has 1 heterocycles. The maximum atomic E-state index is 13.5. The van der Waals surface area contributed by atoms with Crippen LogP contribution in [0.25, 0.3) is 0 Å². The van der Waals surface area contributed by atoms with Gasteiger partial charge in [0.15, 0.2) is 0 Å². The quantitative estimate of drug-likeness (QED) is 0.273. The van der Waals surface area contributed by atoms with Gasteiger partial charge in [0.1, 0.15) is 30.3 Å². The Kier molecular flexibility index (Phi) is 15.0. The number of ether oxygens (including phenoxy) is 1. The van der Waals surface area contributed by atoms with Crippen molar-refractivity contribution in [2.24, 2.45) is 17.8 Å². The van der Waals surface area contributed by atoms with Crippen LogP contribution in [-0.4, -0.2) is 72.3 Å². The van der Waals surface area contributed by atoms with Crippen molar-refractivity contribution in [2.45, 2.75) is 111 Å². The van der Waals surface area contributed by atoms with E-state index in [1.807, 2.05) is 71.9 Å². The number of nitrogens with one attached hydrogen (secondary N) is 5. The fourth-order valence-corrected chi connectivity index (χ4v) is 4.93. The minimum absolute atomic E-state index is 0.0172. The topological polar surface area (TPSA) is 172 Å². The van der Waals surface area contributed by atoms with Crippen LogP contribution in [0.3, 0.4) is 0 Å². The summed E-state index contributed by atoms with van der Waals surface area (Å²) in [5.41, 5.74) is 0.773. The highest BCUT2D eigenvalue weighted by Gasteiger charge is 2.33. The normalized spacial score (nSPS) is 25.5. The van der Waals surface area contributed by atoms with Crippen molar-refractivity contribution in [3.05, 3.63) is 35.9 Å². The average molecular weight is 630 g/mol. The van der Waals surface area contributed by atoms with Crippen LogP contribution in [0.2, 0.25) is 0 Å². The van der Waals surface area contributed by atoms with Crippen LogP contribution in [0, 0.1) is 17.8 Å². The van der Waals surface area contributed by atoms with Gasteiger partial charge in [-0.25, -0.2) is 4.79 Å². The Bertz CT molecular complexity index is 1170. The van der Waals surface area contributed by atoms with Crippen LogP contribution in [0.4, 0.5) is 0 Å². The predicted octanol–water partition coefficient (Wildman–Crippen LogP) is 1.76. The Hall–Kier alpha value is -3.96. The van der Waals surface area contributed by atoms with E-state index in [2.05, 4.69) is 26.6 Å². The zero-order valence-electron chi connectivity index (χ0n) is 27.6. The van der Waals surface area contributed by atoms with E-state index in [0.717, 1.165) is 5.56 Å². The van der Waals surface area contributed by atoms with E-state index < -0.39 is 65.8 Å². The van der Waals surface area contributed by atoms with Crippen molar-refractivity contribution >= 4 is 35.5 Å². The van der Waals surface area contributed by atoms with E-state index in [-0.39, 0.29) is 43.6 Å². The van der Waals surface area contributed by atoms with Crippen molar-refractivity contribution in [2.75, 3.05) is 6.54 Å². The first-order valence-electron chi connectivity index (χ1n) is 15.9. The second-order valence-electron chi connectivity index (χ2n) is 12.8. The van der Waals surface area contributed by atoms with Crippen molar-refractivity contribution < 1.29 is 33.5 Å². The molecule has 1 fully saturated rings. The van der Waals surface area contributed by atoms with Crippen molar-refractivity contribution in [3.63, 3.8) is 0 Å². The molecule has 0 spiro atoms. The first-order valence-corrected chi connectivity index (χ1v) is 15.9. The molecule has 1 saturated heterocycles. The smallest absolute Gasteiger partial charge is 0.329 e. The van der Waals surface area contributed by atoms with Crippen LogP contribution in [0.15, 0.2) is 30.3 Å². The number of cyclic esters (lactones) is 1. The molecule has 1 aromatic rings. The molecule has 0 radical (unpaired) electrons. The highest BCUT2D eigenvalue weighted by atomic mass is 16.5. The lowest BCUT2D eigenvalue weighted by molar-refractivity contribution is -0.157. The van der Waals surface area contributed by atoms with Gasteiger partial charge < -0.3 is 31.3 Å². The third-order valence-electron chi connectivity index (χ3n) is 7.71. The molecule has 0 bridgehead atoms. The first kappa shape index (κ1) is 37.2. The second-order valence-corrected chi connectivity index (χ2v) is 12.8. The average Bonchev–Trinajstić information content (AvgIpc) is 2.97. The second kappa shape index (κ2) is 18.1. The molecule has 2 rings (SSSR count). The monoisotopic (exact) mass is 629 g/mol. The Morgan fingerprint density at radius 3 is 1.87 bits per heavy atom. The van der Waals surface area contributed by atoms with E-state index in [1.54, 1.807) is 0 Å². The van der Waals surface area contributed by atoms with E-state index in [0.29, 0.717) is 12.8 Å². The molecule has 1 aliphatic rings. The van der Waals surface area contributed by atoms with Gasteiger partial charge in [0.25, 0.3) is 0 Å². The summed E-state index contributed by atoms with van der Waals surface area (Å²) in [4.78, 5) is 79.3. The van der Waals surface area contributed by atoms with E-state index in [9.17, 15) is 28.8 Å². The van der Waals surface area contributed by atoms with Gasteiger partial charge in [0.2, 0.25) is 29.5 Å². The lowest BCUT2D eigenvalue weighted by Gasteiger charge is -2.27. The molecule has 6 atom stereocenters. The number of rotatable bonds is 8. The summed E-state index contributed by atoms with van der Waals surface area (Å²) in [6.07, 6.45) is 0.290. The molecular formula is C33H51N5O7. The van der Waals surface area contributed by atoms with Gasteiger partial charge in [-0.3, -0.25) is 24.0 Å². The Balaban J connectivity index is 2.45. The van der Waals surface area contributed by atoms with Gasteiger partial charge in [-0.15, -0.1) is 0 Å². The fraction of sp³-hybridized carbons (Fsp3) is 0.636. The minimum Gasteiger partial charge on any atom is -0.460 e. The fourth-order valence-electron chi connectivity index (χ4n) is 4.93. The predicted molar refractivity (Wildman–Crippen MR) is 169 cm³/mol. The third kappa shape index (κ3) is 12.9. The van der Waals surface area contributed by atoms with Crippen LogP contribution < -0.4 is 26.6 Å². The van der Waals surface area contributed by atoms with Gasteiger partial charge in [0.05, 0.1) is 13.0 Å². The van der Waals surface area contributed by atoms with Crippen LogP contribution >= 0.6 is 0 Å². The van der Waals surface area contributed by atoms with E-state index >= 15 is 0 Å². The van der Waals surface area contributed by atoms with Crippen LogP contribution in [0.1, 0.15) is 79.7 Å². The van der Waals surface area contributed by atoms with Crippen LogP contribution in [0.5, 0.6) is 0 Å².